The highest BCUT2D eigenvalue weighted by Crippen LogP contribution is 2.42. The van der Waals surface area contributed by atoms with Gasteiger partial charge in [0.15, 0.2) is 11.4 Å². The van der Waals surface area contributed by atoms with Crippen LogP contribution in [0, 0.1) is 47.1 Å². The van der Waals surface area contributed by atoms with Crippen LogP contribution < -0.4 is 0 Å². The van der Waals surface area contributed by atoms with Crippen molar-refractivity contribution < 1.29 is 0 Å². The average molecular weight is 611 g/mol. The molecule has 0 spiro atoms. The van der Waals surface area contributed by atoms with Crippen molar-refractivity contribution in [3.05, 3.63) is 149 Å². The molecule has 0 unspecified atom stereocenters. The predicted molar refractivity (Wildman–Crippen MR) is 185 cm³/mol. The van der Waals surface area contributed by atoms with Crippen LogP contribution in [-0.2, 0) is 0 Å². The van der Waals surface area contributed by atoms with E-state index in [9.17, 15) is 15.8 Å². The molecule has 0 atom stereocenters. The molecule has 3 aromatic heterocycles. The minimum atomic E-state index is 0.414. The van der Waals surface area contributed by atoms with Crippen molar-refractivity contribution in [1.82, 2.24) is 14.1 Å². The number of aromatic nitrogens is 3. The highest BCUT2D eigenvalue weighted by molar-refractivity contribution is 6.13. The molecular formula is C40H18N8. The zero-order chi connectivity index (χ0) is 32.9. The lowest BCUT2D eigenvalue weighted by Gasteiger charge is -2.18. The summed E-state index contributed by atoms with van der Waals surface area (Å²) < 4.78 is 4.12. The Morgan fingerprint density at radius 2 is 1.04 bits per heavy atom. The average Bonchev–Trinajstić information content (AvgIpc) is 3.65. The van der Waals surface area contributed by atoms with Gasteiger partial charge in [0.05, 0.1) is 87.2 Å². The van der Waals surface area contributed by atoms with Crippen molar-refractivity contribution in [3.8, 4) is 40.8 Å². The molecular weight excluding hydrogens is 592 g/mol. The quantitative estimate of drug-likeness (QED) is 0.186. The van der Waals surface area contributed by atoms with Crippen molar-refractivity contribution in [1.29, 1.82) is 15.8 Å². The minimum absolute atomic E-state index is 0.414. The van der Waals surface area contributed by atoms with E-state index in [-0.39, 0.29) is 0 Å². The van der Waals surface area contributed by atoms with E-state index in [0.717, 1.165) is 43.6 Å². The summed E-state index contributed by atoms with van der Waals surface area (Å²) in [5, 5.41) is 33.2. The van der Waals surface area contributed by atoms with E-state index in [0.29, 0.717) is 50.7 Å². The van der Waals surface area contributed by atoms with Crippen LogP contribution in [-0.4, -0.2) is 14.1 Å². The number of benzene rings is 5. The Morgan fingerprint density at radius 3 is 1.56 bits per heavy atom. The number of hydrogen-bond donors (Lipinski definition) is 0. The van der Waals surface area contributed by atoms with Gasteiger partial charge in [-0.15, -0.1) is 0 Å². The number of nitriles is 3. The summed E-state index contributed by atoms with van der Waals surface area (Å²) in [6.45, 7) is 15.2. The summed E-state index contributed by atoms with van der Waals surface area (Å²) in [6, 6.07) is 38.1. The fraction of sp³-hybridized carbons (Fsp3) is 0. The van der Waals surface area contributed by atoms with E-state index in [1.54, 1.807) is 36.5 Å². The van der Waals surface area contributed by atoms with Crippen LogP contribution >= 0.6 is 0 Å². The van der Waals surface area contributed by atoms with E-state index in [1.165, 1.54) is 0 Å². The summed E-state index contributed by atoms with van der Waals surface area (Å²) in [5.41, 5.74) is 8.24. The molecule has 8 heteroatoms. The molecule has 8 aromatic rings. The molecule has 0 saturated carbocycles. The Bertz CT molecular complexity index is 2760. The van der Waals surface area contributed by atoms with Gasteiger partial charge in [0.1, 0.15) is 0 Å². The van der Waals surface area contributed by atoms with Gasteiger partial charge in [0, 0.05) is 22.5 Å². The molecule has 0 radical (unpaired) electrons. The smallest absolute Gasteiger partial charge is 0.188 e. The Labute approximate surface area is 274 Å². The van der Waals surface area contributed by atoms with Gasteiger partial charge in [-0.25, -0.2) is 9.69 Å². The highest BCUT2D eigenvalue weighted by Gasteiger charge is 2.23. The highest BCUT2D eigenvalue weighted by atomic mass is 15.0. The van der Waals surface area contributed by atoms with Gasteiger partial charge in [-0.2, -0.15) is 15.8 Å². The maximum Gasteiger partial charge on any atom is 0.188 e. The van der Waals surface area contributed by atoms with Gasteiger partial charge in [0.2, 0.25) is 0 Å². The second-order valence-corrected chi connectivity index (χ2v) is 11.2. The van der Waals surface area contributed by atoms with Gasteiger partial charge in [-0.05, 0) is 95.7 Å². The van der Waals surface area contributed by atoms with Crippen molar-refractivity contribution >= 4 is 55.0 Å². The van der Waals surface area contributed by atoms with Crippen LogP contribution in [0.5, 0.6) is 0 Å². The van der Waals surface area contributed by atoms with Crippen LogP contribution in [0.25, 0.3) is 75.9 Å². The Balaban J connectivity index is 1.50. The van der Waals surface area contributed by atoms with Gasteiger partial charge in [-0.1, -0.05) is 18.2 Å². The summed E-state index contributed by atoms with van der Waals surface area (Å²) in [4.78, 5) is 12.2. The first-order valence-electron chi connectivity index (χ1n) is 14.8. The Morgan fingerprint density at radius 1 is 0.542 bits per heavy atom. The molecule has 0 amide bonds. The van der Waals surface area contributed by atoms with E-state index in [1.807, 2.05) is 72.8 Å². The van der Waals surface area contributed by atoms with E-state index < -0.39 is 0 Å². The summed E-state index contributed by atoms with van der Waals surface area (Å²) in [7, 11) is 0. The third kappa shape index (κ3) is 4.01. The predicted octanol–water partition coefficient (Wildman–Crippen LogP) is 9.66. The van der Waals surface area contributed by atoms with Gasteiger partial charge in [0.25, 0.3) is 0 Å². The zero-order valence-corrected chi connectivity index (χ0v) is 25.0. The van der Waals surface area contributed by atoms with E-state index in [2.05, 4.69) is 37.0 Å². The van der Waals surface area contributed by atoms with Crippen LogP contribution in [0.2, 0.25) is 0 Å². The number of hydrogen-bond acceptors (Lipinski definition) is 4. The Kier molecular flexibility index (Phi) is 6.22. The maximum atomic E-state index is 10.5. The van der Waals surface area contributed by atoms with Crippen LogP contribution in [0.3, 0.4) is 0 Å². The fourth-order valence-electron chi connectivity index (χ4n) is 6.66. The molecule has 0 N–H and O–H groups in total. The van der Waals surface area contributed by atoms with Crippen molar-refractivity contribution in [2.45, 2.75) is 0 Å². The lowest BCUT2D eigenvalue weighted by molar-refractivity contribution is 1.12. The normalized spacial score (nSPS) is 10.8. The molecule has 48 heavy (non-hydrogen) atoms. The summed E-state index contributed by atoms with van der Waals surface area (Å²) in [5.74, 6) is 0. The largest absolute Gasteiger partial charge is 0.309 e. The molecule has 218 valence electrons. The minimum Gasteiger partial charge on any atom is -0.309 e. The number of rotatable bonds is 3. The van der Waals surface area contributed by atoms with E-state index >= 15 is 0 Å². The monoisotopic (exact) mass is 610 g/mol. The molecule has 0 saturated heterocycles. The molecule has 5 aromatic carbocycles. The van der Waals surface area contributed by atoms with Gasteiger partial charge >= 0.3 is 0 Å². The molecule has 0 aliphatic heterocycles. The van der Waals surface area contributed by atoms with Crippen LogP contribution in [0.1, 0.15) is 16.7 Å². The number of nitrogens with zero attached hydrogens (tertiary/aromatic N) is 8. The molecule has 8 rings (SSSR count). The Hall–Kier alpha value is -7.70. The van der Waals surface area contributed by atoms with E-state index in [4.69, 9.17) is 18.1 Å². The van der Waals surface area contributed by atoms with Crippen LogP contribution in [0.15, 0.2) is 109 Å². The molecule has 3 heterocycles. The lowest BCUT2D eigenvalue weighted by atomic mass is 10.00. The second kappa shape index (κ2) is 10.7. The second-order valence-electron chi connectivity index (χ2n) is 11.2. The zero-order valence-electron chi connectivity index (χ0n) is 25.0. The third-order valence-corrected chi connectivity index (χ3v) is 8.68. The SMILES string of the molecule is [C-]#[N+]c1ccc2c(c1)c1cc([N+]#[C-])ccc1n2-c1cccc(C#N)c1-c1ncccc1-n1c2ccc(C#N)cc2c2cc(C#N)ccc21. The summed E-state index contributed by atoms with van der Waals surface area (Å²) in [6.07, 6.45) is 1.70. The maximum absolute atomic E-state index is 10.5. The summed E-state index contributed by atoms with van der Waals surface area (Å²) >= 11 is 0. The first-order valence-corrected chi connectivity index (χ1v) is 14.8. The van der Waals surface area contributed by atoms with Gasteiger partial charge < -0.3 is 9.13 Å². The molecule has 0 bridgehead atoms. The third-order valence-electron chi connectivity index (χ3n) is 8.68. The first kappa shape index (κ1) is 27.8. The number of fused-ring (bicyclic) bond motifs is 6. The van der Waals surface area contributed by atoms with Crippen LogP contribution in [0.4, 0.5) is 11.4 Å². The fourth-order valence-corrected chi connectivity index (χ4v) is 6.66. The molecule has 8 nitrogen and oxygen atoms in total. The topological polar surface area (TPSA) is 103 Å². The van der Waals surface area contributed by atoms with Crippen molar-refractivity contribution in [2.75, 3.05) is 0 Å². The van der Waals surface area contributed by atoms with Crippen molar-refractivity contribution in [2.24, 2.45) is 0 Å². The first-order chi connectivity index (χ1) is 23.6. The van der Waals surface area contributed by atoms with Crippen molar-refractivity contribution in [3.63, 3.8) is 0 Å². The van der Waals surface area contributed by atoms with Gasteiger partial charge in [-0.3, -0.25) is 4.98 Å². The molecule has 0 fully saturated rings. The molecule has 0 aliphatic rings. The standard InChI is InChI=1S/C40H18N8/c1-44-27-10-14-35-31(19-27)32-20-28(45-2)11-15-36(32)47(35)37-6-3-5-26(23-43)39(37)40-38(7-4-16-46-40)48-33-12-8-24(21-41)17-29(33)30-18-25(22-42)9-13-34(30)48/h3-20H. The lowest BCUT2D eigenvalue weighted by Crippen LogP contribution is -2.04. The number of pyridine rings is 1. The molecule has 0 aliphatic carbocycles.